The van der Waals surface area contributed by atoms with Crippen LogP contribution < -0.4 is 20.3 Å². The number of benzene rings is 2. The maximum absolute atomic E-state index is 12.7. The molecule has 2 aromatic carbocycles. The molecule has 2 heterocycles. The molecule has 1 amide bonds. The summed E-state index contributed by atoms with van der Waals surface area (Å²) in [5, 5.41) is 2.77. The minimum Gasteiger partial charge on any atom is -0.493 e. The number of hydrogen-bond acceptors (Lipinski definition) is 5. The maximum atomic E-state index is 12.7. The number of aromatic nitrogens is 2. The molecule has 0 spiro atoms. The van der Waals surface area contributed by atoms with Gasteiger partial charge >= 0.3 is 0 Å². The van der Waals surface area contributed by atoms with Crippen molar-refractivity contribution in [2.24, 2.45) is 7.05 Å². The van der Waals surface area contributed by atoms with Gasteiger partial charge < -0.3 is 19.4 Å². The predicted octanol–water partition coefficient (Wildman–Crippen LogP) is 3.81. The molecule has 31 heavy (non-hydrogen) atoms. The fraction of sp³-hybridized carbons (Fsp3) is 0.261. The van der Waals surface area contributed by atoms with Gasteiger partial charge in [-0.3, -0.25) is 14.6 Å². The van der Waals surface area contributed by atoms with Crippen molar-refractivity contribution in [1.82, 2.24) is 9.55 Å². The molecule has 0 bridgehead atoms. The van der Waals surface area contributed by atoms with Crippen molar-refractivity contribution in [1.29, 1.82) is 0 Å². The first kappa shape index (κ1) is 20.9. The van der Waals surface area contributed by atoms with Gasteiger partial charge in [0.15, 0.2) is 16.3 Å². The van der Waals surface area contributed by atoms with Crippen molar-refractivity contribution in [2.75, 3.05) is 12.4 Å². The lowest BCUT2D eigenvalue weighted by Gasteiger charge is -2.27. The van der Waals surface area contributed by atoms with Crippen LogP contribution in [0.4, 0.5) is 5.82 Å². The number of ether oxygens (including phenoxy) is 2. The number of aryl methyl sites for hydroxylation is 1. The summed E-state index contributed by atoms with van der Waals surface area (Å²) in [5.41, 5.74) is 3.19. The Morgan fingerprint density at radius 1 is 1.16 bits per heavy atom. The number of anilines is 1. The SMILES string of the molecule is COc1cc(C2CC(=O)Nc3c2c(=O)[nH]c(=S)n3C)ccc1OCc1cccc(C)c1. The van der Waals surface area contributed by atoms with Crippen LogP contribution in [0.3, 0.4) is 0 Å². The van der Waals surface area contributed by atoms with Gasteiger partial charge in [-0.2, -0.15) is 0 Å². The first-order chi connectivity index (χ1) is 14.9. The summed E-state index contributed by atoms with van der Waals surface area (Å²) >= 11 is 5.17. The Morgan fingerprint density at radius 2 is 1.97 bits per heavy atom. The topological polar surface area (TPSA) is 85.4 Å². The van der Waals surface area contributed by atoms with Gasteiger partial charge in [0.1, 0.15) is 12.4 Å². The molecule has 7 nitrogen and oxygen atoms in total. The first-order valence-corrected chi connectivity index (χ1v) is 10.3. The number of aromatic amines is 1. The maximum Gasteiger partial charge on any atom is 0.257 e. The molecule has 0 radical (unpaired) electrons. The van der Waals surface area contributed by atoms with Crippen LogP contribution in [0.2, 0.25) is 0 Å². The zero-order chi connectivity index (χ0) is 22.1. The van der Waals surface area contributed by atoms with Gasteiger partial charge in [0.25, 0.3) is 5.56 Å². The Kier molecular flexibility index (Phi) is 5.65. The molecule has 1 aliphatic rings. The first-order valence-electron chi connectivity index (χ1n) is 9.86. The third-order valence-electron chi connectivity index (χ3n) is 5.42. The fourth-order valence-electron chi connectivity index (χ4n) is 3.85. The summed E-state index contributed by atoms with van der Waals surface area (Å²) in [6.45, 7) is 2.44. The van der Waals surface area contributed by atoms with Gasteiger partial charge in [0.2, 0.25) is 5.91 Å². The highest BCUT2D eigenvalue weighted by atomic mass is 32.1. The van der Waals surface area contributed by atoms with Crippen molar-refractivity contribution in [3.8, 4) is 11.5 Å². The van der Waals surface area contributed by atoms with Crippen molar-refractivity contribution in [2.45, 2.75) is 25.9 Å². The summed E-state index contributed by atoms with van der Waals surface area (Å²) in [4.78, 5) is 27.7. The van der Waals surface area contributed by atoms with Crippen LogP contribution in [-0.4, -0.2) is 22.6 Å². The van der Waals surface area contributed by atoms with Gasteiger partial charge in [0.05, 0.1) is 12.7 Å². The average Bonchev–Trinajstić information content (AvgIpc) is 2.75. The van der Waals surface area contributed by atoms with Crippen LogP contribution in [0.5, 0.6) is 11.5 Å². The molecular weight excluding hydrogens is 414 g/mol. The second kappa shape index (κ2) is 8.39. The number of amides is 1. The Morgan fingerprint density at radius 3 is 2.71 bits per heavy atom. The van der Waals surface area contributed by atoms with E-state index in [0.29, 0.717) is 29.5 Å². The zero-order valence-corrected chi connectivity index (χ0v) is 18.3. The number of fused-ring (bicyclic) bond motifs is 1. The number of nitrogens with zero attached hydrogens (tertiary/aromatic N) is 1. The molecular formula is C23H23N3O4S. The summed E-state index contributed by atoms with van der Waals surface area (Å²) in [7, 11) is 3.28. The lowest BCUT2D eigenvalue weighted by molar-refractivity contribution is -0.116. The predicted molar refractivity (Wildman–Crippen MR) is 120 cm³/mol. The van der Waals surface area contributed by atoms with E-state index < -0.39 is 5.92 Å². The molecule has 0 fully saturated rings. The van der Waals surface area contributed by atoms with Crippen LogP contribution in [-0.2, 0) is 18.4 Å². The Balaban J connectivity index is 1.69. The molecule has 8 heteroatoms. The van der Waals surface area contributed by atoms with Crippen LogP contribution in [0.15, 0.2) is 47.3 Å². The number of carbonyl (C=O) groups is 1. The molecule has 3 aromatic rings. The summed E-state index contributed by atoms with van der Waals surface area (Å²) < 4.78 is 13.4. The van der Waals surface area contributed by atoms with Crippen molar-refractivity contribution in [3.05, 3.63) is 79.8 Å². The molecule has 1 unspecified atom stereocenters. The summed E-state index contributed by atoms with van der Waals surface area (Å²) in [5.74, 6) is 0.960. The van der Waals surface area contributed by atoms with E-state index in [4.69, 9.17) is 21.7 Å². The van der Waals surface area contributed by atoms with Crippen molar-refractivity contribution < 1.29 is 14.3 Å². The van der Waals surface area contributed by atoms with E-state index in [-0.39, 0.29) is 22.7 Å². The Labute approximate surface area is 184 Å². The molecule has 1 aromatic heterocycles. The monoisotopic (exact) mass is 437 g/mol. The van der Waals surface area contributed by atoms with Gasteiger partial charge in [-0.25, -0.2) is 0 Å². The summed E-state index contributed by atoms with van der Waals surface area (Å²) in [6.07, 6.45) is 0.152. The van der Waals surface area contributed by atoms with Crippen molar-refractivity contribution >= 4 is 23.9 Å². The minimum atomic E-state index is -0.422. The van der Waals surface area contributed by atoms with Gasteiger partial charge in [-0.15, -0.1) is 0 Å². The smallest absolute Gasteiger partial charge is 0.257 e. The molecule has 2 N–H and O–H groups in total. The highest BCUT2D eigenvalue weighted by molar-refractivity contribution is 7.71. The summed E-state index contributed by atoms with van der Waals surface area (Å²) in [6, 6.07) is 13.6. The van der Waals surface area contributed by atoms with E-state index in [1.165, 1.54) is 5.56 Å². The van der Waals surface area contributed by atoms with Gasteiger partial charge in [-0.05, 0) is 42.4 Å². The van der Waals surface area contributed by atoms with Crippen LogP contribution in [0.25, 0.3) is 0 Å². The minimum absolute atomic E-state index is 0.152. The van der Waals surface area contributed by atoms with E-state index in [2.05, 4.69) is 16.4 Å². The molecule has 4 rings (SSSR count). The lowest BCUT2D eigenvalue weighted by Crippen LogP contribution is -2.33. The van der Waals surface area contributed by atoms with Crippen LogP contribution >= 0.6 is 12.2 Å². The number of nitrogens with one attached hydrogen (secondary N) is 2. The van der Waals surface area contributed by atoms with Gasteiger partial charge in [0, 0.05) is 19.4 Å². The third kappa shape index (κ3) is 4.11. The van der Waals surface area contributed by atoms with Gasteiger partial charge in [-0.1, -0.05) is 35.9 Å². The standard InChI is InChI=1S/C23H23N3O4S/c1-13-5-4-6-14(9-13)12-30-17-8-7-15(10-18(17)29-3)16-11-19(27)24-21-20(16)22(28)25-23(31)26(21)2/h4-10,16H,11-12H2,1-3H3,(H,24,27)(H,25,28,31). The highest BCUT2D eigenvalue weighted by Gasteiger charge is 2.31. The van der Waals surface area contributed by atoms with Crippen LogP contribution in [0.1, 0.15) is 34.6 Å². The molecule has 160 valence electrons. The largest absolute Gasteiger partial charge is 0.493 e. The Hall–Kier alpha value is -3.39. The molecule has 1 atom stereocenters. The number of methoxy groups -OCH3 is 1. The average molecular weight is 438 g/mol. The van der Waals surface area contributed by atoms with E-state index >= 15 is 0 Å². The van der Waals surface area contributed by atoms with E-state index in [9.17, 15) is 9.59 Å². The molecule has 0 saturated heterocycles. The van der Waals surface area contributed by atoms with E-state index in [1.807, 2.05) is 43.3 Å². The quantitative estimate of drug-likeness (QED) is 0.593. The van der Waals surface area contributed by atoms with E-state index in [0.717, 1.165) is 11.1 Å². The second-order valence-corrected chi connectivity index (χ2v) is 7.96. The van der Waals surface area contributed by atoms with Crippen LogP contribution in [0, 0.1) is 11.7 Å². The number of rotatable bonds is 5. The number of H-pyrrole nitrogens is 1. The van der Waals surface area contributed by atoms with E-state index in [1.54, 1.807) is 18.7 Å². The Bertz CT molecular complexity index is 1280. The van der Waals surface area contributed by atoms with Crippen molar-refractivity contribution in [3.63, 3.8) is 0 Å². The lowest BCUT2D eigenvalue weighted by atomic mass is 9.86. The number of hydrogen-bond donors (Lipinski definition) is 2. The fourth-order valence-corrected chi connectivity index (χ4v) is 4.03. The molecule has 0 aliphatic carbocycles. The molecule has 0 saturated carbocycles. The number of carbonyl (C=O) groups excluding carboxylic acids is 1. The third-order valence-corrected chi connectivity index (χ3v) is 5.80. The normalized spacial score (nSPS) is 15.2. The highest BCUT2D eigenvalue weighted by Crippen LogP contribution is 2.38. The second-order valence-electron chi connectivity index (χ2n) is 7.57. The molecule has 1 aliphatic heterocycles. The zero-order valence-electron chi connectivity index (χ0n) is 17.5.